The van der Waals surface area contributed by atoms with Gasteiger partial charge in [0.15, 0.2) is 0 Å². The van der Waals surface area contributed by atoms with Crippen LogP contribution in [0.4, 0.5) is 0 Å². The van der Waals surface area contributed by atoms with Crippen LogP contribution in [0.25, 0.3) is 0 Å². The van der Waals surface area contributed by atoms with Gasteiger partial charge in [0.25, 0.3) is 10.0 Å². The smallest absolute Gasteiger partial charge is 0.251 e. The second-order valence-corrected chi connectivity index (χ2v) is 13.5. The summed E-state index contributed by atoms with van der Waals surface area (Å²) in [5.74, 6) is -0.252. The maximum Gasteiger partial charge on any atom is 0.264 e. The fourth-order valence-corrected chi connectivity index (χ4v) is 5.65. The number of nitrogens with two attached hydrogens (primary N) is 1. The summed E-state index contributed by atoms with van der Waals surface area (Å²) in [6.07, 6.45) is 0.0920. The van der Waals surface area contributed by atoms with Crippen LogP contribution in [0.1, 0.15) is 30.4 Å². The van der Waals surface area contributed by atoms with E-state index in [1.54, 1.807) is 12.1 Å². The Morgan fingerprint density at radius 3 is 2.18 bits per heavy atom. The Balaban J connectivity index is 1.72. The highest BCUT2D eigenvalue weighted by Crippen LogP contribution is 2.29. The molecule has 4 rings (SSSR count). The van der Waals surface area contributed by atoms with E-state index in [1.807, 2.05) is 42.5 Å². The van der Waals surface area contributed by atoms with Crippen LogP contribution in [-0.4, -0.2) is 51.9 Å². The summed E-state index contributed by atoms with van der Waals surface area (Å²) in [6, 6.07) is 22.6. The third kappa shape index (κ3) is 7.37. The number of rotatable bonds is 8. The van der Waals surface area contributed by atoms with E-state index in [4.69, 9.17) is 33.4 Å². The van der Waals surface area contributed by atoms with E-state index < -0.39 is 25.3 Å². The Morgan fingerprint density at radius 1 is 1.00 bits per heavy atom. The molecule has 1 heterocycles. The van der Waals surface area contributed by atoms with Crippen LogP contribution in [0.5, 0.6) is 0 Å². The molecular weight excluding hydrogens is 581 g/mol. The summed E-state index contributed by atoms with van der Waals surface area (Å²) < 4.78 is 52.5. The van der Waals surface area contributed by atoms with Gasteiger partial charge in [0.05, 0.1) is 22.4 Å². The van der Waals surface area contributed by atoms with Gasteiger partial charge in [-0.15, -0.1) is 0 Å². The SMILES string of the molecule is CC(CCN=C(NS(=O)(=O)c1ccc(Cl)cc1)N1CC(c2ccccc2)C(c2ccc(Cl)cc2)=N1)S(N)(=O)=O. The number of nitrogens with zero attached hydrogens (tertiary/aromatic N) is 3. The van der Waals surface area contributed by atoms with Gasteiger partial charge in [-0.1, -0.05) is 65.7 Å². The largest absolute Gasteiger partial charge is 0.264 e. The summed E-state index contributed by atoms with van der Waals surface area (Å²) in [7, 11) is -7.84. The van der Waals surface area contributed by atoms with Crippen LogP contribution in [0.3, 0.4) is 0 Å². The van der Waals surface area contributed by atoms with Crippen molar-refractivity contribution in [3.8, 4) is 0 Å². The third-order valence-electron chi connectivity index (χ3n) is 6.21. The molecule has 3 aromatic carbocycles. The highest BCUT2D eigenvalue weighted by molar-refractivity contribution is 7.90. The van der Waals surface area contributed by atoms with Gasteiger partial charge in [-0.2, -0.15) is 5.10 Å². The van der Waals surface area contributed by atoms with Gasteiger partial charge in [0.1, 0.15) is 0 Å². The minimum Gasteiger partial charge on any atom is -0.251 e. The average molecular weight is 609 g/mol. The van der Waals surface area contributed by atoms with Crippen molar-refractivity contribution in [2.24, 2.45) is 15.2 Å². The lowest BCUT2D eigenvalue weighted by Crippen LogP contribution is -2.41. The minimum atomic E-state index is -4.07. The Morgan fingerprint density at radius 2 is 1.59 bits per heavy atom. The molecule has 0 aromatic heterocycles. The first-order valence-electron chi connectivity index (χ1n) is 12.0. The van der Waals surface area contributed by atoms with Crippen molar-refractivity contribution in [1.82, 2.24) is 9.73 Å². The van der Waals surface area contributed by atoms with Crippen LogP contribution in [0.15, 0.2) is 93.9 Å². The number of aliphatic imine (C=N–C) groups is 1. The number of nitrogens with one attached hydrogen (secondary N) is 1. The molecule has 2 atom stereocenters. The quantitative estimate of drug-likeness (QED) is 0.292. The van der Waals surface area contributed by atoms with Gasteiger partial charge >= 0.3 is 0 Å². The molecule has 1 aliphatic rings. The van der Waals surface area contributed by atoms with E-state index in [1.165, 1.54) is 36.2 Å². The minimum absolute atomic E-state index is 0.00559. The molecule has 0 aliphatic carbocycles. The Hall–Kier alpha value is -2.96. The molecule has 3 aromatic rings. The van der Waals surface area contributed by atoms with Crippen molar-refractivity contribution in [3.63, 3.8) is 0 Å². The lowest BCUT2D eigenvalue weighted by Gasteiger charge is -2.20. The maximum absolute atomic E-state index is 13.3. The predicted molar refractivity (Wildman–Crippen MR) is 155 cm³/mol. The molecule has 0 saturated heterocycles. The lowest BCUT2D eigenvalue weighted by molar-refractivity contribution is 0.460. The number of hydrogen-bond donors (Lipinski definition) is 2. The Bertz CT molecular complexity index is 1580. The standard InChI is InChI=1S/C26H27Cl2N5O4S2/c1-18(38(29,34)35)15-16-30-26(32-39(36,37)23-13-11-22(28)12-14-23)33-17-24(19-5-3-2-4-6-19)25(31-33)20-7-9-21(27)10-8-20/h2-14,18,24H,15-17H2,1H3,(H,30,32)(H2,29,34,35). The topological polar surface area (TPSA) is 134 Å². The molecule has 1 aliphatic heterocycles. The van der Waals surface area contributed by atoms with E-state index in [0.717, 1.165) is 11.1 Å². The van der Waals surface area contributed by atoms with Crippen LogP contribution >= 0.6 is 23.2 Å². The number of primary sulfonamides is 1. The molecule has 0 amide bonds. The summed E-state index contributed by atoms with van der Waals surface area (Å²) in [5, 5.41) is 11.6. The second kappa shape index (κ2) is 12.1. The molecule has 9 nitrogen and oxygen atoms in total. The molecule has 39 heavy (non-hydrogen) atoms. The zero-order valence-corrected chi connectivity index (χ0v) is 24.1. The summed E-state index contributed by atoms with van der Waals surface area (Å²) in [6.45, 7) is 1.75. The van der Waals surface area contributed by atoms with Gasteiger partial charge in [0.2, 0.25) is 16.0 Å². The van der Waals surface area contributed by atoms with Crippen molar-refractivity contribution in [2.75, 3.05) is 13.1 Å². The molecule has 0 bridgehead atoms. The Labute approximate surface area is 238 Å². The van der Waals surface area contributed by atoms with Crippen molar-refractivity contribution < 1.29 is 16.8 Å². The molecule has 0 fully saturated rings. The van der Waals surface area contributed by atoms with Crippen LogP contribution in [0, 0.1) is 0 Å². The highest BCUT2D eigenvalue weighted by atomic mass is 35.5. The molecule has 3 N–H and O–H groups in total. The zero-order chi connectivity index (χ0) is 28.2. The first-order chi connectivity index (χ1) is 18.4. The van der Waals surface area contributed by atoms with E-state index in [2.05, 4.69) is 9.71 Å². The van der Waals surface area contributed by atoms with Gasteiger partial charge in [-0.25, -0.2) is 31.7 Å². The predicted octanol–water partition coefficient (Wildman–Crippen LogP) is 4.20. The molecule has 13 heteroatoms. The first kappa shape index (κ1) is 29.0. The molecule has 0 radical (unpaired) electrons. The van der Waals surface area contributed by atoms with Crippen molar-refractivity contribution >= 4 is 54.9 Å². The molecular formula is C26H27Cl2N5O4S2. The van der Waals surface area contributed by atoms with Crippen LogP contribution in [0.2, 0.25) is 10.0 Å². The molecule has 2 unspecified atom stereocenters. The fourth-order valence-electron chi connectivity index (χ4n) is 3.94. The van der Waals surface area contributed by atoms with Gasteiger partial charge < -0.3 is 0 Å². The lowest BCUT2D eigenvalue weighted by atomic mass is 9.91. The maximum atomic E-state index is 13.3. The highest BCUT2D eigenvalue weighted by Gasteiger charge is 2.33. The third-order valence-corrected chi connectivity index (χ3v) is 9.41. The summed E-state index contributed by atoms with van der Waals surface area (Å²) in [4.78, 5) is 4.42. The zero-order valence-electron chi connectivity index (χ0n) is 20.9. The van der Waals surface area contributed by atoms with Gasteiger partial charge in [-0.05, 0) is 60.9 Å². The van der Waals surface area contributed by atoms with E-state index in [0.29, 0.717) is 15.8 Å². The number of halogens is 2. The van der Waals surface area contributed by atoms with E-state index >= 15 is 0 Å². The van der Waals surface area contributed by atoms with Crippen LogP contribution < -0.4 is 9.86 Å². The van der Waals surface area contributed by atoms with Crippen molar-refractivity contribution in [3.05, 3.63) is 100 Å². The van der Waals surface area contributed by atoms with E-state index in [-0.39, 0.29) is 36.3 Å². The van der Waals surface area contributed by atoms with Crippen LogP contribution in [-0.2, 0) is 20.0 Å². The number of hydrogen-bond acceptors (Lipinski definition) is 6. The number of hydrazone groups is 1. The molecule has 206 valence electrons. The summed E-state index contributed by atoms with van der Waals surface area (Å²) in [5.41, 5.74) is 2.50. The average Bonchev–Trinajstić information content (AvgIpc) is 3.34. The first-order valence-corrected chi connectivity index (χ1v) is 15.8. The summed E-state index contributed by atoms with van der Waals surface area (Å²) >= 11 is 12.0. The Kier molecular flexibility index (Phi) is 8.97. The number of guanidine groups is 1. The molecule has 0 spiro atoms. The number of sulfonamides is 2. The monoisotopic (exact) mass is 607 g/mol. The second-order valence-electron chi connectivity index (χ2n) is 8.99. The van der Waals surface area contributed by atoms with E-state index in [9.17, 15) is 16.8 Å². The fraction of sp³-hybridized carbons (Fsp3) is 0.231. The van der Waals surface area contributed by atoms with Crippen molar-refractivity contribution in [1.29, 1.82) is 0 Å². The van der Waals surface area contributed by atoms with Gasteiger partial charge in [-0.3, -0.25) is 4.99 Å². The number of benzene rings is 3. The van der Waals surface area contributed by atoms with Gasteiger partial charge in [0, 0.05) is 22.5 Å². The van der Waals surface area contributed by atoms with Crippen molar-refractivity contribution in [2.45, 2.75) is 29.4 Å². The molecule has 0 saturated carbocycles. The normalized spacial score (nSPS) is 17.1.